The third-order valence-electron chi connectivity index (χ3n) is 5.08. The molecule has 1 aromatic carbocycles. The smallest absolute Gasteiger partial charge is 0.286 e. The minimum atomic E-state index is -0.734. The van der Waals surface area contributed by atoms with Crippen LogP contribution in [0.4, 0.5) is 8.78 Å². The second-order valence-corrected chi connectivity index (χ2v) is 8.02. The maximum Gasteiger partial charge on any atom is 0.286 e. The van der Waals surface area contributed by atoms with E-state index in [4.69, 9.17) is 4.74 Å². The van der Waals surface area contributed by atoms with Gasteiger partial charge in [0.25, 0.3) is 5.91 Å². The van der Waals surface area contributed by atoms with E-state index in [1.165, 1.54) is 22.9 Å². The van der Waals surface area contributed by atoms with Gasteiger partial charge in [0.1, 0.15) is 17.2 Å². The number of amides is 1. The Hall–Kier alpha value is -3.03. The van der Waals surface area contributed by atoms with E-state index < -0.39 is 23.1 Å². The Morgan fingerprint density at radius 2 is 2.00 bits per heavy atom. The van der Waals surface area contributed by atoms with Crippen molar-refractivity contribution in [1.29, 1.82) is 0 Å². The Labute approximate surface area is 166 Å². The summed E-state index contributed by atoms with van der Waals surface area (Å²) in [5.41, 5.74) is 1.14. The summed E-state index contributed by atoms with van der Waals surface area (Å²) in [5.74, 6) is -1.99. The van der Waals surface area contributed by atoms with E-state index in [0.29, 0.717) is 18.5 Å². The molecule has 0 saturated heterocycles. The van der Waals surface area contributed by atoms with Gasteiger partial charge in [-0.2, -0.15) is 5.10 Å². The van der Waals surface area contributed by atoms with Crippen molar-refractivity contribution in [2.24, 2.45) is 0 Å². The molecule has 0 saturated carbocycles. The number of ketones is 1. The molecule has 1 aliphatic carbocycles. The number of nitrogens with zero attached hydrogens (tertiary/aromatic N) is 2. The van der Waals surface area contributed by atoms with Gasteiger partial charge in [-0.25, -0.2) is 13.5 Å². The zero-order chi connectivity index (χ0) is 20.8. The van der Waals surface area contributed by atoms with Crippen LogP contribution in [0, 0.1) is 11.6 Å². The molecular weight excluding hydrogens is 380 g/mol. The van der Waals surface area contributed by atoms with Crippen LogP contribution in [-0.2, 0) is 20.7 Å². The topological polar surface area (TPSA) is 73.2 Å². The molecule has 2 aliphatic rings. The Morgan fingerprint density at radius 3 is 2.69 bits per heavy atom. The van der Waals surface area contributed by atoms with Gasteiger partial charge in [-0.05, 0) is 45.2 Å². The first-order valence-electron chi connectivity index (χ1n) is 9.49. The molecule has 4 rings (SSSR count). The number of carbonyl (C=O) groups is 2. The lowest BCUT2D eigenvalue weighted by Crippen LogP contribution is -2.39. The van der Waals surface area contributed by atoms with Gasteiger partial charge in [0.2, 0.25) is 0 Å². The van der Waals surface area contributed by atoms with Crippen LogP contribution in [0.5, 0.6) is 0 Å². The van der Waals surface area contributed by atoms with Crippen molar-refractivity contribution in [2.45, 2.75) is 51.2 Å². The molecule has 1 amide bonds. The van der Waals surface area contributed by atoms with Gasteiger partial charge in [-0.3, -0.25) is 9.59 Å². The zero-order valence-corrected chi connectivity index (χ0v) is 16.2. The summed E-state index contributed by atoms with van der Waals surface area (Å²) in [6.07, 6.45) is 5.17. The number of hydrogen-bond donors (Lipinski definition) is 1. The molecular formula is C21H21F2N3O3. The van der Waals surface area contributed by atoms with Crippen LogP contribution in [-0.4, -0.2) is 27.1 Å². The van der Waals surface area contributed by atoms with E-state index in [2.05, 4.69) is 10.4 Å². The molecule has 0 unspecified atom stereocenters. The van der Waals surface area contributed by atoms with Crippen molar-refractivity contribution >= 4 is 11.7 Å². The molecule has 8 heteroatoms. The third-order valence-corrected chi connectivity index (χ3v) is 5.08. The third kappa shape index (κ3) is 3.92. The SMILES string of the molecule is CC1(C)CC(=O)C=C(C(=O)N[C@H]2CCCc3c2cnn3-c2cc(F)cc(F)c2)O1. The number of nitrogens with one attached hydrogen (secondary N) is 1. The van der Waals surface area contributed by atoms with Crippen LogP contribution in [0.3, 0.4) is 0 Å². The summed E-state index contributed by atoms with van der Waals surface area (Å²) < 4.78 is 34.4. The monoisotopic (exact) mass is 401 g/mol. The number of ether oxygens (including phenoxy) is 1. The summed E-state index contributed by atoms with van der Waals surface area (Å²) >= 11 is 0. The van der Waals surface area contributed by atoms with Crippen molar-refractivity contribution in [1.82, 2.24) is 15.1 Å². The molecule has 152 valence electrons. The zero-order valence-electron chi connectivity index (χ0n) is 16.2. The van der Waals surface area contributed by atoms with E-state index in [9.17, 15) is 18.4 Å². The molecule has 1 atom stereocenters. The van der Waals surface area contributed by atoms with Gasteiger partial charge in [0, 0.05) is 29.8 Å². The molecule has 2 aromatic rings. The van der Waals surface area contributed by atoms with Crippen LogP contribution in [0.2, 0.25) is 0 Å². The molecule has 1 aliphatic heterocycles. The fourth-order valence-electron chi connectivity index (χ4n) is 3.91. The van der Waals surface area contributed by atoms with Crippen molar-refractivity contribution < 1.29 is 23.1 Å². The number of hydrogen-bond acceptors (Lipinski definition) is 4. The highest BCUT2D eigenvalue weighted by atomic mass is 19.1. The molecule has 2 heterocycles. The highest BCUT2D eigenvalue weighted by Crippen LogP contribution is 2.32. The first-order chi connectivity index (χ1) is 13.7. The average molecular weight is 401 g/mol. The largest absolute Gasteiger partial charge is 0.482 e. The Bertz CT molecular complexity index is 1010. The molecule has 29 heavy (non-hydrogen) atoms. The van der Waals surface area contributed by atoms with Crippen molar-refractivity contribution in [3.63, 3.8) is 0 Å². The minimum absolute atomic E-state index is 0.00188. The maximum absolute atomic E-state index is 13.6. The summed E-state index contributed by atoms with van der Waals surface area (Å²) in [6.45, 7) is 3.51. The first kappa shape index (κ1) is 19.3. The van der Waals surface area contributed by atoms with Crippen molar-refractivity contribution in [2.75, 3.05) is 0 Å². The van der Waals surface area contributed by atoms with E-state index >= 15 is 0 Å². The van der Waals surface area contributed by atoms with Gasteiger partial charge in [0.05, 0.1) is 17.9 Å². The molecule has 0 spiro atoms. The standard InChI is InChI=1S/C21H21F2N3O3/c1-21(2)10-15(27)9-19(29-21)20(28)25-17-4-3-5-18-16(17)11-24-26(18)14-7-12(22)6-13(23)8-14/h6-9,11,17H,3-5,10H2,1-2H3,(H,25,28)/t17-/m0/s1. The molecule has 6 nitrogen and oxygen atoms in total. The van der Waals surface area contributed by atoms with Crippen LogP contribution in [0.15, 0.2) is 36.2 Å². The predicted octanol–water partition coefficient (Wildman–Crippen LogP) is 3.30. The highest BCUT2D eigenvalue weighted by Gasteiger charge is 2.33. The van der Waals surface area contributed by atoms with Gasteiger partial charge >= 0.3 is 0 Å². The van der Waals surface area contributed by atoms with Gasteiger partial charge in [-0.1, -0.05) is 0 Å². The fourth-order valence-corrected chi connectivity index (χ4v) is 3.91. The average Bonchev–Trinajstić information content (AvgIpc) is 3.04. The normalized spacial score (nSPS) is 20.5. The van der Waals surface area contributed by atoms with Crippen molar-refractivity contribution in [3.8, 4) is 5.69 Å². The lowest BCUT2D eigenvalue weighted by atomic mass is 9.92. The van der Waals surface area contributed by atoms with Gasteiger partial charge in [0.15, 0.2) is 11.5 Å². The number of halogens is 2. The van der Waals surface area contributed by atoms with E-state index in [0.717, 1.165) is 23.7 Å². The van der Waals surface area contributed by atoms with Crippen LogP contribution < -0.4 is 5.32 Å². The summed E-state index contributed by atoms with van der Waals surface area (Å²) in [4.78, 5) is 24.6. The highest BCUT2D eigenvalue weighted by molar-refractivity contribution is 6.01. The van der Waals surface area contributed by atoms with Crippen LogP contribution in [0.25, 0.3) is 5.69 Å². The first-order valence-corrected chi connectivity index (χ1v) is 9.49. The number of carbonyl (C=O) groups excluding carboxylic acids is 2. The quantitative estimate of drug-likeness (QED) is 0.857. The van der Waals surface area contributed by atoms with Crippen LogP contribution >= 0.6 is 0 Å². The number of allylic oxidation sites excluding steroid dienone is 1. The van der Waals surface area contributed by atoms with E-state index in [1.807, 2.05) is 0 Å². The van der Waals surface area contributed by atoms with Gasteiger partial charge in [-0.15, -0.1) is 0 Å². The lowest BCUT2D eigenvalue weighted by Gasteiger charge is -2.31. The number of benzene rings is 1. The Balaban J connectivity index is 1.59. The number of rotatable bonds is 3. The lowest BCUT2D eigenvalue weighted by molar-refractivity contribution is -0.131. The van der Waals surface area contributed by atoms with E-state index in [-0.39, 0.29) is 24.0 Å². The van der Waals surface area contributed by atoms with Gasteiger partial charge < -0.3 is 10.1 Å². The fraction of sp³-hybridized carbons (Fsp3) is 0.381. The minimum Gasteiger partial charge on any atom is -0.482 e. The summed E-state index contributed by atoms with van der Waals surface area (Å²) in [7, 11) is 0. The second-order valence-electron chi connectivity index (χ2n) is 8.02. The molecule has 1 N–H and O–H groups in total. The van der Waals surface area contributed by atoms with Crippen LogP contribution in [0.1, 0.15) is 50.4 Å². The molecule has 1 aromatic heterocycles. The summed E-state index contributed by atoms with van der Waals surface area (Å²) in [6, 6.07) is 2.91. The molecule has 0 bridgehead atoms. The Kier molecular flexibility index (Phi) is 4.72. The number of fused-ring (bicyclic) bond motifs is 1. The predicted molar refractivity (Wildman–Crippen MR) is 100 cm³/mol. The maximum atomic E-state index is 13.6. The van der Waals surface area contributed by atoms with E-state index in [1.54, 1.807) is 20.0 Å². The molecule has 0 radical (unpaired) electrons. The number of aromatic nitrogens is 2. The second kappa shape index (κ2) is 7.09. The van der Waals surface area contributed by atoms with Crippen molar-refractivity contribution in [3.05, 3.63) is 59.1 Å². The molecule has 0 fully saturated rings. The Morgan fingerprint density at radius 1 is 1.28 bits per heavy atom. The summed E-state index contributed by atoms with van der Waals surface area (Å²) in [5, 5.41) is 7.19.